The van der Waals surface area contributed by atoms with Crippen LogP contribution in [0.4, 0.5) is 5.69 Å². The van der Waals surface area contributed by atoms with Crippen molar-refractivity contribution in [1.82, 2.24) is 5.01 Å². The van der Waals surface area contributed by atoms with Crippen LogP contribution in [0.1, 0.15) is 12.8 Å². The molecule has 5 aromatic rings. The van der Waals surface area contributed by atoms with Crippen molar-refractivity contribution in [2.24, 2.45) is 10.3 Å². The SMILES string of the molecule is Clc1ccc(-c2ccc3ccccc3c2-c2cccc3ccccc23)c(N=NN2CCCC2)c1. The predicted octanol–water partition coefficient (Wildman–Crippen LogP) is 9.07. The highest BCUT2D eigenvalue weighted by molar-refractivity contribution is 6.31. The number of nitrogens with zero attached hydrogens (tertiary/aromatic N) is 3. The predicted molar refractivity (Wildman–Crippen MR) is 143 cm³/mol. The molecule has 4 heteroatoms. The molecular weight excluding hydrogens is 438 g/mol. The molecule has 0 aromatic heterocycles. The average Bonchev–Trinajstić information content (AvgIpc) is 3.40. The fourth-order valence-corrected chi connectivity index (χ4v) is 5.11. The van der Waals surface area contributed by atoms with Gasteiger partial charge in [0, 0.05) is 23.7 Å². The molecule has 1 heterocycles. The van der Waals surface area contributed by atoms with Crippen LogP contribution >= 0.6 is 11.6 Å². The maximum Gasteiger partial charge on any atom is 0.0967 e. The lowest BCUT2D eigenvalue weighted by Crippen LogP contribution is -2.09. The van der Waals surface area contributed by atoms with Crippen molar-refractivity contribution in [3.05, 3.63) is 102 Å². The molecule has 0 bridgehead atoms. The summed E-state index contributed by atoms with van der Waals surface area (Å²) < 4.78 is 0. The first-order valence-electron chi connectivity index (χ1n) is 11.7. The molecule has 0 N–H and O–H groups in total. The summed E-state index contributed by atoms with van der Waals surface area (Å²) in [6, 6.07) is 34.0. The Balaban J connectivity index is 1.63. The van der Waals surface area contributed by atoms with Crippen molar-refractivity contribution in [2.45, 2.75) is 12.8 Å². The number of rotatable bonds is 4. The lowest BCUT2D eigenvalue weighted by atomic mass is 9.87. The summed E-state index contributed by atoms with van der Waals surface area (Å²) in [5, 5.41) is 16.8. The molecule has 5 aromatic carbocycles. The summed E-state index contributed by atoms with van der Waals surface area (Å²) in [5.74, 6) is 0. The molecule has 0 amide bonds. The first-order valence-corrected chi connectivity index (χ1v) is 12.1. The summed E-state index contributed by atoms with van der Waals surface area (Å²) >= 11 is 6.41. The Hall–Kier alpha value is -3.69. The van der Waals surface area contributed by atoms with Gasteiger partial charge >= 0.3 is 0 Å². The third kappa shape index (κ3) is 3.82. The molecule has 6 rings (SSSR count). The third-order valence-electron chi connectivity index (χ3n) is 6.60. The zero-order chi connectivity index (χ0) is 22.9. The topological polar surface area (TPSA) is 28.0 Å². The van der Waals surface area contributed by atoms with Gasteiger partial charge in [0.05, 0.1) is 5.69 Å². The van der Waals surface area contributed by atoms with Crippen LogP contribution < -0.4 is 0 Å². The van der Waals surface area contributed by atoms with Gasteiger partial charge in [-0.05, 0) is 63.2 Å². The van der Waals surface area contributed by atoms with E-state index in [1.54, 1.807) is 0 Å². The lowest BCUT2D eigenvalue weighted by Gasteiger charge is -2.17. The van der Waals surface area contributed by atoms with E-state index in [1.165, 1.54) is 32.7 Å². The van der Waals surface area contributed by atoms with E-state index >= 15 is 0 Å². The van der Waals surface area contributed by atoms with E-state index in [-0.39, 0.29) is 0 Å². The van der Waals surface area contributed by atoms with Crippen molar-refractivity contribution < 1.29 is 0 Å². The van der Waals surface area contributed by atoms with Crippen LogP contribution in [0.3, 0.4) is 0 Å². The fraction of sp³-hybridized carbons (Fsp3) is 0.133. The zero-order valence-corrected chi connectivity index (χ0v) is 19.5. The molecule has 0 unspecified atom stereocenters. The molecular formula is C30H24ClN3. The number of benzene rings is 5. The first kappa shape index (κ1) is 20.9. The second-order valence-corrected chi connectivity index (χ2v) is 9.18. The summed E-state index contributed by atoms with van der Waals surface area (Å²) in [6.45, 7) is 1.91. The molecule has 0 saturated carbocycles. The Bertz CT molecular complexity index is 1530. The fourth-order valence-electron chi connectivity index (χ4n) is 4.95. The molecule has 0 aliphatic carbocycles. The minimum Gasteiger partial charge on any atom is -0.278 e. The maximum atomic E-state index is 6.41. The van der Waals surface area contributed by atoms with Crippen LogP contribution in [0.25, 0.3) is 43.8 Å². The van der Waals surface area contributed by atoms with Crippen LogP contribution in [0.15, 0.2) is 107 Å². The molecule has 34 heavy (non-hydrogen) atoms. The Morgan fingerprint density at radius 1 is 0.618 bits per heavy atom. The molecule has 0 radical (unpaired) electrons. The van der Waals surface area contributed by atoms with Crippen LogP contribution in [-0.2, 0) is 0 Å². The van der Waals surface area contributed by atoms with Crippen molar-refractivity contribution in [2.75, 3.05) is 13.1 Å². The summed E-state index contributed by atoms with van der Waals surface area (Å²) in [5.41, 5.74) is 5.36. The van der Waals surface area contributed by atoms with E-state index in [4.69, 9.17) is 11.6 Å². The van der Waals surface area contributed by atoms with Gasteiger partial charge in [0.1, 0.15) is 0 Å². The molecule has 1 aliphatic heterocycles. The quantitative estimate of drug-likeness (QED) is 0.245. The first-order chi connectivity index (χ1) is 16.8. The standard InChI is InChI=1S/C30H24ClN3/c31-23-15-17-26(29(20-23)32-33-34-18-5-6-19-34)28-16-14-22-9-2-4-12-25(22)30(28)27-13-7-10-21-8-1-3-11-24(21)27/h1-4,7-17,20H,5-6,18-19H2. The van der Waals surface area contributed by atoms with Gasteiger partial charge in [-0.3, -0.25) is 5.01 Å². The number of fused-ring (bicyclic) bond motifs is 2. The van der Waals surface area contributed by atoms with Crippen molar-refractivity contribution >= 4 is 38.8 Å². The third-order valence-corrected chi connectivity index (χ3v) is 6.83. The Labute approximate surface area is 204 Å². The molecule has 1 saturated heterocycles. The average molecular weight is 462 g/mol. The minimum absolute atomic E-state index is 0.659. The van der Waals surface area contributed by atoms with Gasteiger partial charge in [-0.1, -0.05) is 102 Å². The smallest absolute Gasteiger partial charge is 0.0967 e. The Morgan fingerprint density at radius 3 is 2.12 bits per heavy atom. The van der Waals surface area contributed by atoms with Gasteiger partial charge in [0.2, 0.25) is 0 Å². The van der Waals surface area contributed by atoms with E-state index in [0.29, 0.717) is 5.02 Å². The van der Waals surface area contributed by atoms with Gasteiger partial charge in [-0.2, -0.15) is 0 Å². The van der Waals surface area contributed by atoms with Crippen LogP contribution in [0, 0.1) is 0 Å². The molecule has 1 fully saturated rings. The van der Waals surface area contributed by atoms with Crippen molar-refractivity contribution in [3.8, 4) is 22.3 Å². The maximum absolute atomic E-state index is 6.41. The summed E-state index contributed by atoms with van der Waals surface area (Å²) in [6.07, 6.45) is 2.33. The monoisotopic (exact) mass is 461 g/mol. The van der Waals surface area contributed by atoms with Gasteiger partial charge in [-0.15, -0.1) is 5.11 Å². The second-order valence-electron chi connectivity index (χ2n) is 8.75. The molecule has 166 valence electrons. The molecule has 3 nitrogen and oxygen atoms in total. The highest BCUT2D eigenvalue weighted by atomic mass is 35.5. The van der Waals surface area contributed by atoms with Gasteiger partial charge < -0.3 is 0 Å². The summed E-state index contributed by atoms with van der Waals surface area (Å²) in [4.78, 5) is 0. The largest absolute Gasteiger partial charge is 0.278 e. The number of hydrogen-bond donors (Lipinski definition) is 0. The minimum atomic E-state index is 0.659. The van der Waals surface area contributed by atoms with Crippen LogP contribution in [0.5, 0.6) is 0 Å². The highest BCUT2D eigenvalue weighted by Crippen LogP contribution is 2.44. The van der Waals surface area contributed by atoms with Crippen LogP contribution in [-0.4, -0.2) is 18.1 Å². The molecule has 1 aliphatic rings. The Kier molecular flexibility index (Phi) is 5.48. The second kappa shape index (κ2) is 8.92. The number of hydrogen-bond acceptors (Lipinski definition) is 2. The van der Waals surface area contributed by atoms with Crippen molar-refractivity contribution in [1.29, 1.82) is 0 Å². The van der Waals surface area contributed by atoms with Gasteiger partial charge in [0.15, 0.2) is 0 Å². The van der Waals surface area contributed by atoms with E-state index < -0.39 is 0 Å². The van der Waals surface area contributed by atoms with E-state index in [1.807, 2.05) is 17.1 Å². The van der Waals surface area contributed by atoms with E-state index in [9.17, 15) is 0 Å². The number of halogens is 1. The van der Waals surface area contributed by atoms with Crippen molar-refractivity contribution in [3.63, 3.8) is 0 Å². The van der Waals surface area contributed by atoms with E-state index in [2.05, 4.69) is 95.3 Å². The normalized spacial score (nSPS) is 14.0. The molecule has 0 spiro atoms. The summed E-state index contributed by atoms with van der Waals surface area (Å²) in [7, 11) is 0. The molecule has 0 atom stereocenters. The van der Waals surface area contributed by atoms with Gasteiger partial charge in [-0.25, -0.2) is 0 Å². The Morgan fingerprint density at radius 2 is 1.29 bits per heavy atom. The van der Waals surface area contributed by atoms with Gasteiger partial charge in [0.25, 0.3) is 0 Å². The lowest BCUT2D eigenvalue weighted by molar-refractivity contribution is 0.337. The zero-order valence-electron chi connectivity index (χ0n) is 18.8. The van der Waals surface area contributed by atoms with E-state index in [0.717, 1.165) is 42.7 Å². The highest BCUT2D eigenvalue weighted by Gasteiger charge is 2.17. The van der Waals surface area contributed by atoms with Crippen LogP contribution in [0.2, 0.25) is 5.02 Å².